The number of benzene rings is 2. The van der Waals surface area contributed by atoms with E-state index in [0.29, 0.717) is 0 Å². The summed E-state index contributed by atoms with van der Waals surface area (Å²) >= 11 is 1.75. The van der Waals surface area contributed by atoms with E-state index in [4.69, 9.17) is 4.98 Å². The molecular weight excluding hydrogens is 276 g/mol. The van der Waals surface area contributed by atoms with E-state index >= 15 is 0 Å². The maximum absolute atomic E-state index is 4.83. The van der Waals surface area contributed by atoms with Crippen molar-refractivity contribution in [3.05, 3.63) is 59.3 Å². The maximum atomic E-state index is 4.83. The molecule has 21 heavy (non-hydrogen) atoms. The largest absolute Gasteiger partial charge is 0.289 e. The van der Waals surface area contributed by atoms with E-state index in [2.05, 4.69) is 67.8 Å². The average molecular weight is 292 g/mol. The summed E-state index contributed by atoms with van der Waals surface area (Å²) in [5.74, 6) is 0. The van der Waals surface area contributed by atoms with Gasteiger partial charge in [0.1, 0.15) is 0 Å². The molecule has 0 aliphatic rings. The number of aromatic nitrogens is 2. The van der Waals surface area contributed by atoms with Gasteiger partial charge in [-0.2, -0.15) is 0 Å². The first kappa shape index (κ1) is 12.6. The van der Waals surface area contributed by atoms with Gasteiger partial charge in [-0.3, -0.25) is 4.40 Å². The molecule has 2 aromatic heterocycles. The van der Waals surface area contributed by atoms with Crippen LogP contribution in [-0.2, 0) is 0 Å². The lowest BCUT2D eigenvalue weighted by atomic mass is 10.0. The minimum absolute atomic E-state index is 1.06. The highest BCUT2D eigenvalue weighted by atomic mass is 32.1. The third-order valence-corrected chi connectivity index (χ3v) is 4.99. The van der Waals surface area contributed by atoms with Crippen molar-refractivity contribution in [2.75, 3.05) is 0 Å². The topological polar surface area (TPSA) is 17.3 Å². The fraction of sp³-hybridized carbons (Fsp3) is 0.167. The highest BCUT2D eigenvalue weighted by Gasteiger charge is 2.12. The van der Waals surface area contributed by atoms with E-state index in [1.54, 1.807) is 11.3 Å². The lowest BCUT2D eigenvalue weighted by molar-refractivity contribution is 1.27. The molecule has 2 nitrogen and oxygen atoms in total. The van der Waals surface area contributed by atoms with Crippen LogP contribution >= 0.6 is 11.3 Å². The van der Waals surface area contributed by atoms with Gasteiger partial charge in [-0.15, -0.1) is 0 Å². The van der Waals surface area contributed by atoms with Crippen molar-refractivity contribution in [3.8, 4) is 11.3 Å². The molecule has 0 atom stereocenters. The van der Waals surface area contributed by atoms with Crippen molar-refractivity contribution in [2.45, 2.75) is 20.8 Å². The molecule has 2 aromatic carbocycles. The van der Waals surface area contributed by atoms with E-state index in [1.807, 2.05) is 0 Å². The van der Waals surface area contributed by atoms with Crippen LogP contribution in [-0.4, -0.2) is 9.38 Å². The van der Waals surface area contributed by atoms with E-state index in [-0.39, 0.29) is 0 Å². The van der Waals surface area contributed by atoms with Gasteiger partial charge in [-0.1, -0.05) is 47.2 Å². The third-order valence-electron chi connectivity index (χ3n) is 3.97. The van der Waals surface area contributed by atoms with Crippen LogP contribution in [0.15, 0.2) is 42.6 Å². The summed E-state index contributed by atoms with van der Waals surface area (Å²) < 4.78 is 3.52. The highest BCUT2D eigenvalue weighted by molar-refractivity contribution is 7.23. The lowest BCUT2D eigenvalue weighted by Crippen LogP contribution is -1.85. The molecule has 0 radical (unpaired) electrons. The standard InChI is InChI=1S/C18H16N2S/c1-11-7-8-14(13(3)9-11)15-10-20-17-12(2)5-4-6-16(17)21-18(20)19-15/h4-10H,1-3H3. The predicted molar refractivity (Wildman–Crippen MR) is 90.2 cm³/mol. The van der Waals surface area contributed by atoms with E-state index < -0.39 is 0 Å². The fourth-order valence-electron chi connectivity index (χ4n) is 2.95. The SMILES string of the molecule is Cc1ccc(-c2cn3c(n2)sc2cccc(C)c23)c(C)c1. The first-order valence-corrected chi connectivity index (χ1v) is 7.90. The van der Waals surface area contributed by atoms with Crippen LogP contribution in [0.4, 0.5) is 0 Å². The Balaban J connectivity index is 1.99. The van der Waals surface area contributed by atoms with E-state index in [9.17, 15) is 0 Å². The van der Waals surface area contributed by atoms with Crippen molar-refractivity contribution < 1.29 is 0 Å². The minimum Gasteiger partial charge on any atom is -0.289 e. The molecular formula is C18H16N2S. The maximum Gasteiger partial charge on any atom is 0.195 e. The Morgan fingerprint density at radius 1 is 1.00 bits per heavy atom. The average Bonchev–Trinajstić information content (AvgIpc) is 2.96. The molecule has 0 aliphatic heterocycles. The van der Waals surface area contributed by atoms with Gasteiger partial charge >= 0.3 is 0 Å². The number of hydrogen-bond donors (Lipinski definition) is 0. The van der Waals surface area contributed by atoms with Crippen LogP contribution in [0, 0.1) is 20.8 Å². The Morgan fingerprint density at radius 3 is 2.67 bits per heavy atom. The fourth-order valence-corrected chi connectivity index (χ4v) is 4.03. The van der Waals surface area contributed by atoms with Gasteiger partial charge < -0.3 is 0 Å². The molecule has 4 aromatic rings. The number of rotatable bonds is 1. The quantitative estimate of drug-likeness (QED) is 0.475. The summed E-state index contributed by atoms with van der Waals surface area (Å²) in [5, 5.41) is 0. The van der Waals surface area contributed by atoms with E-state index in [0.717, 1.165) is 10.7 Å². The minimum atomic E-state index is 1.06. The second kappa shape index (κ2) is 4.43. The zero-order valence-electron chi connectivity index (χ0n) is 12.3. The molecule has 0 fully saturated rings. The summed E-state index contributed by atoms with van der Waals surface area (Å²) in [5.41, 5.74) is 7.42. The first-order chi connectivity index (χ1) is 10.1. The Hall–Kier alpha value is -2.13. The van der Waals surface area contributed by atoms with Crippen LogP contribution in [0.3, 0.4) is 0 Å². The molecule has 0 saturated heterocycles. The summed E-state index contributed by atoms with van der Waals surface area (Å²) in [4.78, 5) is 5.90. The molecule has 0 unspecified atom stereocenters. The molecule has 104 valence electrons. The first-order valence-electron chi connectivity index (χ1n) is 7.08. The Bertz CT molecular complexity index is 976. The molecule has 0 spiro atoms. The van der Waals surface area contributed by atoms with Gasteiger partial charge in [0.25, 0.3) is 0 Å². The van der Waals surface area contributed by atoms with Crippen LogP contribution in [0.5, 0.6) is 0 Å². The predicted octanol–water partition coefficient (Wildman–Crippen LogP) is 5.14. The van der Waals surface area contributed by atoms with Gasteiger partial charge in [0.05, 0.1) is 15.9 Å². The summed E-state index contributed by atoms with van der Waals surface area (Å²) in [6.45, 7) is 6.43. The number of thiazole rings is 1. The van der Waals surface area contributed by atoms with Crippen molar-refractivity contribution >= 4 is 26.5 Å². The lowest BCUT2D eigenvalue weighted by Gasteiger charge is -2.03. The van der Waals surface area contributed by atoms with Gasteiger partial charge in [-0.25, -0.2) is 4.98 Å². The zero-order chi connectivity index (χ0) is 14.6. The second-order valence-electron chi connectivity index (χ2n) is 5.62. The number of nitrogens with zero attached hydrogens (tertiary/aromatic N) is 2. The Labute approximate surface area is 127 Å². The molecule has 0 saturated carbocycles. The van der Waals surface area contributed by atoms with Crippen molar-refractivity contribution in [2.24, 2.45) is 0 Å². The molecule has 3 heteroatoms. The van der Waals surface area contributed by atoms with Crippen LogP contribution in [0.25, 0.3) is 26.4 Å². The monoisotopic (exact) mass is 292 g/mol. The van der Waals surface area contributed by atoms with Gasteiger partial charge in [0.15, 0.2) is 4.96 Å². The molecule has 4 rings (SSSR count). The summed E-state index contributed by atoms with van der Waals surface area (Å²) in [6.07, 6.45) is 2.17. The zero-order valence-corrected chi connectivity index (χ0v) is 13.2. The normalized spacial score (nSPS) is 11.6. The van der Waals surface area contributed by atoms with Crippen LogP contribution in [0.1, 0.15) is 16.7 Å². The van der Waals surface area contributed by atoms with Gasteiger partial charge in [-0.05, 0) is 38.0 Å². The molecule has 0 amide bonds. The summed E-state index contributed by atoms with van der Waals surface area (Å²) in [6, 6.07) is 13.0. The molecule has 0 bridgehead atoms. The number of fused-ring (bicyclic) bond motifs is 3. The number of imidazole rings is 1. The number of aryl methyl sites for hydroxylation is 3. The number of para-hydroxylation sites is 1. The molecule has 2 heterocycles. The highest BCUT2D eigenvalue weighted by Crippen LogP contribution is 2.32. The van der Waals surface area contributed by atoms with Crippen molar-refractivity contribution in [3.63, 3.8) is 0 Å². The van der Waals surface area contributed by atoms with Crippen molar-refractivity contribution in [1.82, 2.24) is 9.38 Å². The Kier molecular flexibility index (Phi) is 2.66. The summed E-state index contributed by atoms with van der Waals surface area (Å²) in [7, 11) is 0. The van der Waals surface area contributed by atoms with Crippen LogP contribution < -0.4 is 0 Å². The van der Waals surface area contributed by atoms with Gasteiger partial charge in [0, 0.05) is 11.8 Å². The van der Waals surface area contributed by atoms with Gasteiger partial charge in [0.2, 0.25) is 0 Å². The molecule has 0 N–H and O–H groups in total. The number of hydrogen-bond acceptors (Lipinski definition) is 2. The third kappa shape index (κ3) is 1.88. The Morgan fingerprint density at radius 2 is 1.86 bits per heavy atom. The van der Waals surface area contributed by atoms with Crippen molar-refractivity contribution in [1.29, 1.82) is 0 Å². The molecule has 0 aliphatic carbocycles. The smallest absolute Gasteiger partial charge is 0.195 e. The van der Waals surface area contributed by atoms with E-state index in [1.165, 1.54) is 32.5 Å². The van der Waals surface area contributed by atoms with Crippen LogP contribution in [0.2, 0.25) is 0 Å². The second-order valence-corrected chi connectivity index (χ2v) is 6.63.